The summed E-state index contributed by atoms with van der Waals surface area (Å²) in [5, 5.41) is 1.51. The van der Waals surface area contributed by atoms with Crippen molar-refractivity contribution >= 4 is 17.7 Å². The largest absolute Gasteiger partial charge is 0.573 e. The first-order valence-electron chi connectivity index (χ1n) is 11.3. The fraction of sp³-hybridized carbons (Fsp3) is 0.400. The molecule has 8 nitrogen and oxygen atoms in total. The van der Waals surface area contributed by atoms with Crippen molar-refractivity contribution in [2.24, 2.45) is 11.7 Å². The summed E-state index contributed by atoms with van der Waals surface area (Å²) < 4.78 is 41.8. The van der Waals surface area contributed by atoms with Crippen molar-refractivity contribution < 1.29 is 37.1 Å². The number of fused-ring (bicyclic) bond motifs is 1. The van der Waals surface area contributed by atoms with Gasteiger partial charge in [0.15, 0.2) is 6.10 Å². The van der Waals surface area contributed by atoms with Gasteiger partial charge in [0, 0.05) is 12.1 Å². The molecular formula is C25H26F3N3O5. The van der Waals surface area contributed by atoms with Crippen molar-refractivity contribution in [3.8, 4) is 5.75 Å². The van der Waals surface area contributed by atoms with Gasteiger partial charge in [-0.2, -0.15) is 5.06 Å². The van der Waals surface area contributed by atoms with Crippen molar-refractivity contribution in [3.63, 3.8) is 0 Å². The minimum Gasteiger partial charge on any atom is -0.406 e. The zero-order chi connectivity index (χ0) is 26.4. The second-order valence-electron chi connectivity index (χ2n) is 9.83. The number of halogens is 3. The molecule has 2 heterocycles. The average molecular weight is 505 g/mol. The number of nitrogens with two attached hydrogens (primary N) is 1. The van der Waals surface area contributed by atoms with Gasteiger partial charge >= 0.3 is 6.36 Å². The highest BCUT2D eigenvalue weighted by atomic mass is 19.4. The lowest BCUT2D eigenvalue weighted by Gasteiger charge is -2.33. The molecule has 3 atom stereocenters. The Morgan fingerprint density at radius 1 is 0.972 bits per heavy atom. The van der Waals surface area contributed by atoms with E-state index in [0.29, 0.717) is 5.56 Å². The monoisotopic (exact) mass is 505 g/mol. The number of amides is 3. The Morgan fingerprint density at radius 2 is 1.56 bits per heavy atom. The Kier molecular flexibility index (Phi) is 6.56. The van der Waals surface area contributed by atoms with Gasteiger partial charge in [-0.1, -0.05) is 36.4 Å². The molecule has 0 aromatic heterocycles. The maximum absolute atomic E-state index is 13.4. The van der Waals surface area contributed by atoms with Gasteiger partial charge in [-0.25, -0.2) is 0 Å². The van der Waals surface area contributed by atoms with Crippen LogP contribution in [0.3, 0.4) is 0 Å². The Hall–Kier alpha value is -3.44. The van der Waals surface area contributed by atoms with Crippen molar-refractivity contribution in [2.75, 3.05) is 0 Å². The predicted octanol–water partition coefficient (Wildman–Crippen LogP) is 3.25. The quantitative estimate of drug-likeness (QED) is 0.605. The number of imide groups is 1. The van der Waals surface area contributed by atoms with E-state index in [-0.39, 0.29) is 13.0 Å². The molecule has 4 rings (SSSR count). The first-order valence-corrected chi connectivity index (χ1v) is 11.3. The molecule has 0 spiro atoms. The molecule has 11 heteroatoms. The van der Waals surface area contributed by atoms with Crippen LogP contribution in [-0.2, 0) is 32.2 Å². The number of alkyl halides is 3. The van der Waals surface area contributed by atoms with Crippen molar-refractivity contribution in [3.05, 3.63) is 65.2 Å². The lowest BCUT2D eigenvalue weighted by atomic mass is 9.90. The Balaban J connectivity index is 1.65. The van der Waals surface area contributed by atoms with Crippen LogP contribution in [0.25, 0.3) is 0 Å². The van der Waals surface area contributed by atoms with E-state index in [0.717, 1.165) is 23.3 Å². The first kappa shape index (κ1) is 25.6. The smallest absolute Gasteiger partial charge is 0.406 e. The third-order valence-electron chi connectivity index (χ3n) is 6.06. The number of primary amides is 1. The number of carbonyl (C=O) groups excluding carboxylic acids is 3. The van der Waals surface area contributed by atoms with E-state index in [1.54, 1.807) is 45.0 Å². The van der Waals surface area contributed by atoms with E-state index < -0.39 is 53.4 Å². The highest BCUT2D eigenvalue weighted by molar-refractivity contribution is 6.08. The van der Waals surface area contributed by atoms with Gasteiger partial charge in [-0.15, -0.1) is 13.2 Å². The van der Waals surface area contributed by atoms with Gasteiger partial charge in [0.1, 0.15) is 5.75 Å². The third-order valence-corrected chi connectivity index (χ3v) is 6.06. The zero-order valence-corrected chi connectivity index (χ0v) is 19.9. The molecule has 2 fully saturated rings. The molecule has 2 aromatic carbocycles. The summed E-state index contributed by atoms with van der Waals surface area (Å²) in [5.41, 5.74) is 6.47. The van der Waals surface area contributed by atoms with Crippen LogP contribution in [0.1, 0.15) is 43.5 Å². The summed E-state index contributed by atoms with van der Waals surface area (Å²) in [6, 6.07) is 11.5. The summed E-state index contributed by atoms with van der Waals surface area (Å²) in [6.45, 7) is 5.42. The number of likely N-dealkylation sites (tertiary alicyclic amines) is 1. The number of nitrogens with zero attached hydrogens (tertiary/aromatic N) is 2. The fourth-order valence-electron chi connectivity index (χ4n) is 4.65. The highest BCUT2D eigenvalue weighted by Gasteiger charge is 2.61. The molecule has 2 saturated heterocycles. The molecule has 0 aliphatic carbocycles. The minimum atomic E-state index is -4.84. The standard InChI is InChI=1S/C25H26F3N3O5/c1-24(2,3)31-22(33)19-20(16-8-10-17(11-9-16)35-25(26,27)28)30(36-21(19)23(31)34)13-15-6-4-14(5-7-15)12-18(29)32/h4-11,19-21H,12-13H2,1-3H3,(H2,29,32). The van der Waals surface area contributed by atoms with Crippen LogP contribution in [0.2, 0.25) is 0 Å². The van der Waals surface area contributed by atoms with E-state index >= 15 is 0 Å². The van der Waals surface area contributed by atoms with Gasteiger partial charge < -0.3 is 10.5 Å². The molecule has 2 N–H and O–H groups in total. The van der Waals surface area contributed by atoms with E-state index in [1.165, 1.54) is 22.1 Å². The van der Waals surface area contributed by atoms with Gasteiger partial charge in [-0.05, 0) is 49.6 Å². The van der Waals surface area contributed by atoms with Crippen LogP contribution < -0.4 is 10.5 Å². The third kappa shape index (κ3) is 5.21. The van der Waals surface area contributed by atoms with E-state index in [1.807, 2.05) is 0 Å². The van der Waals surface area contributed by atoms with Crippen LogP contribution in [-0.4, -0.2) is 45.7 Å². The molecule has 36 heavy (non-hydrogen) atoms. The summed E-state index contributed by atoms with van der Waals surface area (Å²) in [5.74, 6) is -2.60. The van der Waals surface area contributed by atoms with E-state index in [4.69, 9.17) is 10.6 Å². The van der Waals surface area contributed by atoms with Gasteiger partial charge in [-0.3, -0.25) is 24.1 Å². The van der Waals surface area contributed by atoms with Gasteiger partial charge in [0.2, 0.25) is 11.8 Å². The number of hydrogen-bond donors (Lipinski definition) is 1. The van der Waals surface area contributed by atoms with E-state index in [2.05, 4.69) is 4.74 Å². The Labute approximate surface area is 205 Å². The average Bonchev–Trinajstić information content (AvgIpc) is 3.23. The van der Waals surface area contributed by atoms with Crippen LogP contribution in [0, 0.1) is 5.92 Å². The number of hydroxylamine groups is 2. The molecule has 2 aliphatic heterocycles. The normalized spacial score (nSPS) is 22.7. The lowest BCUT2D eigenvalue weighted by molar-refractivity contribution is -0.274. The Morgan fingerprint density at radius 3 is 2.08 bits per heavy atom. The highest BCUT2D eigenvalue weighted by Crippen LogP contribution is 2.47. The number of rotatable bonds is 6. The number of carbonyl (C=O) groups is 3. The topological polar surface area (TPSA) is 102 Å². The SMILES string of the molecule is CC(C)(C)N1C(=O)C2ON(Cc3ccc(CC(N)=O)cc3)C(c3ccc(OC(F)(F)F)cc3)C2C1=O. The van der Waals surface area contributed by atoms with E-state index in [9.17, 15) is 27.6 Å². The second kappa shape index (κ2) is 9.21. The van der Waals surface area contributed by atoms with Crippen LogP contribution in [0.5, 0.6) is 5.75 Å². The van der Waals surface area contributed by atoms with Crippen molar-refractivity contribution in [1.29, 1.82) is 0 Å². The van der Waals surface area contributed by atoms with Crippen molar-refractivity contribution in [2.45, 2.75) is 57.8 Å². The summed E-state index contributed by atoms with van der Waals surface area (Å²) in [7, 11) is 0. The lowest BCUT2D eigenvalue weighted by Crippen LogP contribution is -2.48. The molecular weight excluding hydrogens is 479 g/mol. The second-order valence-corrected chi connectivity index (χ2v) is 9.83. The Bertz CT molecular complexity index is 1160. The van der Waals surface area contributed by atoms with Gasteiger partial charge in [0.05, 0.1) is 18.4 Å². The number of ether oxygens (including phenoxy) is 1. The van der Waals surface area contributed by atoms with Crippen LogP contribution in [0.4, 0.5) is 13.2 Å². The van der Waals surface area contributed by atoms with Crippen molar-refractivity contribution in [1.82, 2.24) is 9.96 Å². The summed E-state index contributed by atoms with van der Waals surface area (Å²) >= 11 is 0. The molecule has 0 bridgehead atoms. The summed E-state index contributed by atoms with van der Waals surface area (Å²) in [6.07, 6.45) is -5.80. The maximum atomic E-state index is 13.4. The molecule has 0 saturated carbocycles. The zero-order valence-electron chi connectivity index (χ0n) is 19.9. The molecule has 192 valence electrons. The molecule has 0 radical (unpaired) electrons. The summed E-state index contributed by atoms with van der Waals surface area (Å²) in [4.78, 5) is 44.9. The number of hydrogen-bond acceptors (Lipinski definition) is 6. The molecule has 2 aliphatic rings. The van der Waals surface area contributed by atoms with Crippen LogP contribution in [0.15, 0.2) is 48.5 Å². The van der Waals surface area contributed by atoms with Gasteiger partial charge in [0.25, 0.3) is 5.91 Å². The maximum Gasteiger partial charge on any atom is 0.573 e. The first-order chi connectivity index (χ1) is 16.7. The fourth-order valence-corrected chi connectivity index (χ4v) is 4.65. The molecule has 3 unspecified atom stereocenters. The number of benzene rings is 2. The minimum absolute atomic E-state index is 0.0885. The molecule has 3 amide bonds. The molecule has 2 aromatic rings. The predicted molar refractivity (Wildman–Crippen MR) is 121 cm³/mol. The van der Waals surface area contributed by atoms with Crippen LogP contribution >= 0.6 is 0 Å².